The predicted molar refractivity (Wildman–Crippen MR) is 82.4 cm³/mol. The van der Waals surface area contributed by atoms with E-state index in [1.54, 1.807) is 6.33 Å². The van der Waals surface area contributed by atoms with Crippen LogP contribution in [-0.2, 0) is 11.2 Å². The summed E-state index contributed by atoms with van der Waals surface area (Å²) in [7, 11) is 2.12. The molecule has 1 aromatic rings. The fourth-order valence-electron chi connectivity index (χ4n) is 2.80. The Morgan fingerprint density at radius 1 is 1.40 bits per heavy atom. The van der Waals surface area contributed by atoms with Gasteiger partial charge in [0.15, 0.2) is 0 Å². The topological polar surface area (TPSA) is 50.3 Å². The molecule has 1 unspecified atom stereocenters. The minimum Gasteiger partial charge on any atom is -0.381 e. The molecule has 0 aliphatic carbocycles. The quantitative estimate of drug-likeness (QED) is 0.865. The Bertz CT molecular complexity index is 418. The average Bonchev–Trinajstić information content (AvgIpc) is 2.48. The molecule has 1 atom stereocenters. The van der Waals surface area contributed by atoms with Crippen molar-refractivity contribution in [2.24, 2.45) is 5.92 Å². The maximum absolute atomic E-state index is 5.57. The van der Waals surface area contributed by atoms with Crippen molar-refractivity contribution in [2.45, 2.75) is 33.1 Å². The molecule has 5 nitrogen and oxygen atoms in total. The second-order valence-electron chi connectivity index (χ2n) is 5.37. The van der Waals surface area contributed by atoms with Crippen LogP contribution in [0.3, 0.4) is 0 Å². The molecule has 1 aliphatic rings. The zero-order chi connectivity index (χ0) is 14.4. The number of anilines is 2. The van der Waals surface area contributed by atoms with Crippen LogP contribution in [0.1, 0.15) is 32.3 Å². The zero-order valence-electron chi connectivity index (χ0n) is 12.9. The minimum absolute atomic E-state index is 0.607. The average molecular weight is 278 g/mol. The van der Waals surface area contributed by atoms with Crippen LogP contribution in [0.4, 0.5) is 11.6 Å². The van der Waals surface area contributed by atoms with Crippen molar-refractivity contribution in [3.8, 4) is 0 Å². The van der Waals surface area contributed by atoms with Gasteiger partial charge in [-0.15, -0.1) is 0 Å². The van der Waals surface area contributed by atoms with Crippen LogP contribution in [0.5, 0.6) is 0 Å². The van der Waals surface area contributed by atoms with Crippen molar-refractivity contribution in [1.29, 1.82) is 0 Å². The molecule has 1 saturated heterocycles. The number of rotatable bonds is 6. The first-order valence-electron chi connectivity index (χ1n) is 7.62. The minimum atomic E-state index is 0.607. The summed E-state index contributed by atoms with van der Waals surface area (Å²) in [5.41, 5.74) is 1.20. The molecular weight excluding hydrogens is 252 g/mol. The molecule has 0 bridgehead atoms. The van der Waals surface area contributed by atoms with Gasteiger partial charge in [-0.05, 0) is 32.1 Å². The van der Waals surface area contributed by atoms with Crippen LogP contribution < -0.4 is 10.2 Å². The van der Waals surface area contributed by atoms with Crippen molar-refractivity contribution in [3.05, 3.63) is 11.9 Å². The van der Waals surface area contributed by atoms with Gasteiger partial charge in [0, 0.05) is 32.3 Å². The SMILES string of the molecule is CCNc1ncnc(N(C)CC2CCCOC2)c1CC. The Morgan fingerprint density at radius 2 is 2.25 bits per heavy atom. The maximum atomic E-state index is 5.57. The lowest BCUT2D eigenvalue weighted by atomic mass is 10.0. The van der Waals surface area contributed by atoms with E-state index in [0.717, 1.165) is 44.4 Å². The standard InChI is InChI=1S/C15H26N4O/c1-4-13-14(16-5-2)17-11-18-15(13)19(3)9-12-7-6-8-20-10-12/h11-12H,4-10H2,1-3H3,(H,16,17,18). The molecule has 0 radical (unpaired) electrons. The van der Waals surface area contributed by atoms with Gasteiger partial charge in [-0.25, -0.2) is 9.97 Å². The Morgan fingerprint density at radius 3 is 2.90 bits per heavy atom. The summed E-state index contributed by atoms with van der Waals surface area (Å²) in [4.78, 5) is 11.1. The van der Waals surface area contributed by atoms with Gasteiger partial charge >= 0.3 is 0 Å². The van der Waals surface area contributed by atoms with E-state index in [0.29, 0.717) is 5.92 Å². The number of hydrogen-bond acceptors (Lipinski definition) is 5. The predicted octanol–water partition coefficient (Wildman–Crippen LogP) is 2.33. The van der Waals surface area contributed by atoms with E-state index in [-0.39, 0.29) is 0 Å². The molecule has 0 spiro atoms. The normalized spacial score (nSPS) is 18.9. The van der Waals surface area contributed by atoms with E-state index in [4.69, 9.17) is 4.74 Å². The summed E-state index contributed by atoms with van der Waals surface area (Å²) in [6, 6.07) is 0. The van der Waals surface area contributed by atoms with Crippen molar-refractivity contribution in [2.75, 3.05) is 43.6 Å². The highest BCUT2D eigenvalue weighted by molar-refractivity contribution is 5.58. The molecule has 1 fully saturated rings. The third kappa shape index (κ3) is 3.60. The van der Waals surface area contributed by atoms with Crippen molar-refractivity contribution in [1.82, 2.24) is 9.97 Å². The number of aromatic nitrogens is 2. The van der Waals surface area contributed by atoms with Gasteiger partial charge in [0.2, 0.25) is 0 Å². The molecule has 1 aromatic heterocycles. The Balaban J connectivity index is 2.11. The molecule has 0 aromatic carbocycles. The van der Waals surface area contributed by atoms with E-state index in [1.807, 2.05) is 0 Å². The molecule has 0 amide bonds. The van der Waals surface area contributed by atoms with Gasteiger partial charge in [0.05, 0.1) is 6.61 Å². The molecule has 1 N–H and O–H groups in total. The highest BCUT2D eigenvalue weighted by Crippen LogP contribution is 2.25. The Labute approximate surface area is 121 Å². The van der Waals surface area contributed by atoms with E-state index in [1.165, 1.54) is 18.4 Å². The molecule has 2 heterocycles. The van der Waals surface area contributed by atoms with Crippen LogP contribution in [-0.4, -0.2) is 43.3 Å². The lowest BCUT2D eigenvalue weighted by Crippen LogP contribution is -2.32. The van der Waals surface area contributed by atoms with Gasteiger partial charge < -0.3 is 15.0 Å². The highest BCUT2D eigenvalue weighted by atomic mass is 16.5. The summed E-state index contributed by atoms with van der Waals surface area (Å²) in [5, 5.41) is 3.32. The van der Waals surface area contributed by atoms with Gasteiger partial charge in [-0.2, -0.15) is 0 Å². The van der Waals surface area contributed by atoms with Crippen molar-refractivity contribution >= 4 is 11.6 Å². The van der Waals surface area contributed by atoms with E-state index in [9.17, 15) is 0 Å². The van der Waals surface area contributed by atoms with Gasteiger partial charge in [0.25, 0.3) is 0 Å². The van der Waals surface area contributed by atoms with Crippen LogP contribution in [0.2, 0.25) is 0 Å². The number of nitrogens with zero attached hydrogens (tertiary/aromatic N) is 3. The largest absolute Gasteiger partial charge is 0.381 e. The van der Waals surface area contributed by atoms with Crippen molar-refractivity contribution in [3.63, 3.8) is 0 Å². The summed E-state index contributed by atoms with van der Waals surface area (Å²) < 4.78 is 5.57. The van der Waals surface area contributed by atoms with E-state index in [2.05, 4.69) is 41.1 Å². The molecule has 20 heavy (non-hydrogen) atoms. The van der Waals surface area contributed by atoms with Crippen LogP contribution in [0, 0.1) is 5.92 Å². The summed E-state index contributed by atoms with van der Waals surface area (Å²) in [5.74, 6) is 2.62. The second-order valence-corrected chi connectivity index (χ2v) is 5.37. The van der Waals surface area contributed by atoms with Gasteiger partial charge in [-0.3, -0.25) is 0 Å². The second kappa shape index (κ2) is 7.43. The first-order chi connectivity index (χ1) is 9.76. The third-order valence-electron chi connectivity index (χ3n) is 3.77. The fourth-order valence-corrected chi connectivity index (χ4v) is 2.80. The maximum Gasteiger partial charge on any atom is 0.137 e. The molecule has 5 heteroatoms. The lowest BCUT2D eigenvalue weighted by molar-refractivity contribution is 0.0576. The fraction of sp³-hybridized carbons (Fsp3) is 0.733. The first kappa shape index (κ1) is 15.0. The Kier molecular flexibility index (Phi) is 5.59. The van der Waals surface area contributed by atoms with Crippen LogP contribution >= 0.6 is 0 Å². The number of hydrogen-bond donors (Lipinski definition) is 1. The van der Waals surface area contributed by atoms with Gasteiger partial charge in [-0.1, -0.05) is 6.92 Å². The first-order valence-corrected chi connectivity index (χ1v) is 7.62. The van der Waals surface area contributed by atoms with E-state index >= 15 is 0 Å². The monoisotopic (exact) mass is 278 g/mol. The van der Waals surface area contributed by atoms with Gasteiger partial charge in [0.1, 0.15) is 18.0 Å². The molecular formula is C15H26N4O. The number of ether oxygens (including phenoxy) is 1. The molecule has 0 saturated carbocycles. The molecule has 112 valence electrons. The zero-order valence-corrected chi connectivity index (χ0v) is 12.9. The van der Waals surface area contributed by atoms with E-state index < -0.39 is 0 Å². The van der Waals surface area contributed by atoms with Crippen molar-refractivity contribution < 1.29 is 4.74 Å². The summed E-state index contributed by atoms with van der Waals surface area (Å²) in [6.45, 7) is 7.90. The molecule has 2 rings (SSSR count). The van der Waals surface area contributed by atoms with Crippen LogP contribution in [0.25, 0.3) is 0 Å². The Hall–Kier alpha value is -1.36. The highest BCUT2D eigenvalue weighted by Gasteiger charge is 2.19. The molecule has 1 aliphatic heterocycles. The lowest BCUT2D eigenvalue weighted by Gasteiger charge is -2.29. The third-order valence-corrected chi connectivity index (χ3v) is 3.77. The summed E-state index contributed by atoms with van der Waals surface area (Å²) >= 11 is 0. The number of nitrogens with one attached hydrogen (secondary N) is 1. The smallest absolute Gasteiger partial charge is 0.137 e. The van der Waals surface area contributed by atoms with Crippen LogP contribution in [0.15, 0.2) is 6.33 Å². The summed E-state index contributed by atoms with van der Waals surface area (Å²) in [6.07, 6.45) is 5.01.